The average Bonchev–Trinajstić information content (AvgIpc) is 2.18. The van der Waals surface area contributed by atoms with Gasteiger partial charge in [0.25, 0.3) is 0 Å². The van der Waals surface area contributed by atoms with Gasteiger partial charge >= 0.3 is 0 Å². The first-order chi connectivity index (χ1) is 6.29. The Morgan fingerprint density at radius 3 is 3.08 bits per heavy atom. The van der Waals surface area contributed by atoms with Crippen molar-refractivity contribution >= 4 is 5.90 Å². The lowest BCUT2D eigenvalue weighted by molar-refractivity contribution is 0.263. The molecule has 1 aliphatic rings. The van der Waals surface area contributed by atoms with E-state index in [1.807, 2.05) is 0 Å². The minimum atomic E-state index is 0.121. The van der Waals surface area contributed by atoms with Crippen LogP contribution in [-0.4, -0.2) is 12.6 Å². The van der Waals surface area contributed by atoms with Crippen molar-refractivity contribution in [2.45, 2.75) is 26.2 Å². The lowest BCUT2D eigenvalue weighted by Crippen LogP contribution is -2.27. The van der Waals surface area contributed by atoms with E-state index in [0.717, 1.165) is 19.3 Å². The van der Waals surface area contributed by atoms with Gasteiger partial charge in [0.15, 0.2) is 5.90 Å². The van der Waals surface area contributed by atoms with Crippen molar-refractivity contribution in [1.29, 1.82) is 5.41 Å². The van der Waals surface area contributed by atoms with Gasteiger partial charge in [-0.15, -0.1) is 0 Å². The Morgan fingerprint density at radius 1 is 1.69 bits per heavy atom. The highest BCUT2D eigenvalue weighted by Crippen LogP contribution is 2.28. The van der Waals surface area contributed by atoms with Crippen LogP contribution in [0, 0.1) is 17.2 Å². The SMILES string of the molecule is CCC1C=CCCC1C(=N)OCN. The van der Waals surface area contributed by atoms with Gasteiger partial charge in [0.05, 0.1) is 0 Å². The Bertz CT molecular complexity index is 201. The van der Waals surface area contributed by atoms with E-state index in [-0.39, 0.29) is 12.6 Å². The summed E-state index contributed by atoms with van der Waals surface area (Å²) in [6, 6.07) is 0. The van der Waals surface area contributed by atoms with Crippen molar-refractivity contribution in [3.05, 3.63) is 12.2 Å². The number of hydrogen-bond acceptors (Lipinski definition) is 3. The topological polar surface area (TPSA) is 59.1 Å². The smallest absolute Gasteiger partial charge is 0.185 e. The summed E-state index contributed by atoms with van der Waals surface area (Å²) < 4.78 is 5.04. The molecule has 3 heteroatoms. The molecule has 0 heterocycles. The van der Waals surface area contributed by atoms with Crippen molar-refractivity contribution in [2.75, 3.05) is 6.73 Å². The van der Waals surface area contributed by atoms with Crippen molar-refractivity contribution < 1.29 is 4.74 Å². The van der Waals surface area contributed by atoms with Crippen LogP contribution in [0.1, 0.15) is 26.2 Å². The van der Waals surface area contributed by atoms with E-state index < -0.39 is 0 Å². The van der Waals surface area contributed by atoms with Gasteiger partial charge in [-0.1, -0.05) is 19.1 Å². The van der Waals surface area contributed by atoms with Crippen molar-refractivity contribution in [3.63, 3.8) is 0 Å². The van der Waals surface area contributed by atoms with E-state index in [4.69, 9.17) is 15.9 Å². The summed E-state index contributed by atoms with van der Waals surface area (Å²) in [6.07, 6.45) is 7.53. The van der Waals surface area contributed by atoms with Crippen molar-refractivity contribution in [2.24, 2.45) is 17.6 Å². The molecule has 2 unspecified atom stereocenters. The second kappa shape index (κ2) is 5.02. The summed E-state index contributed by atoms with van der Waals surface area (Å²) >= 11 is 0. The maximum Gasteiger partial charge on any atom is 0.185 e. The fraction of sp³-hybridized carbons (Fsp3) is 0.700. The molecule has 0 fully saturated rings. The number of nitrogens with one attached hydrogen (secondary N) is 1. The molecule has 1 aliphatic carbocycles. The lowest BCUT2D eigenvalue weighted by atomic mass is 9.82. The standard InChI is InChI=1S/C10H18N2O/c1-2-8-5-3-4-6-9(8)10(12)13-7-11/h3,5,8-9,12H,2,4,6-7,11H2,1H3. The van der Waals surface area contributed by atoms with E-state index >= 15 is 0 Å². The number of allylic oxidation sites excluding steroid dienone is 2. The first kappa shape index (κ1) is 10.3. The van der Waals surface area contributed by atoms with E-state index in [1.165, 1.54) is 0 Å². The molecule has 74 valence electrons. The van der Waals surface area contributed by atoms with Crippen LogP contribution in [0.15, 0.2) is 12.2 Å². The molecule has 0 aromatic heterocycles. The minimum Gasteiger partial charge on any atom is -0.466 e. The summed E-state index contributed by atoms with van der Waals surface area (Å²) in [7, 11) is 0. The molecule has 0 spiro atoms. The van der Waals surface area contributed by atoms with Crippen LogP contribution in [0.5, 0.6) is 0 Å². The van der Waals surface area contributed by atoms with Gasteiger partial charge in [0.1, 0.15) is 6.73 Å². The second-order valence-electron chi connectivity index (χ2n) is 3.36. The first-order valence-electron chi connectivity index (χ1n) is 4.87. The van der Waals surface area contributed by atoms with Gasteiger partial charge < -0.3 is 4.74 Å². The molecule has 0 bridgehead atoms. The van der Waals surface area contributed by atoms with Crippen LogP contribution in [0.25, 0.3) is 0 Å². The predicted molar refractivity (Wildman–Crippen MR) is 53.5 cm³/mol. The third-order valence-corrected chi connectivity index (χ3v) is 2.59. The Hall–Kier alpha value is -0.830. The van der Waals surface area contributed by atoms with Gasteiger partial charge in [-0.3, -0.25) is 11.1 Å². The van der Waals surface area contributed by atoms with E-state index in [9.17, 15) is 0 Å². The fourth-order valence-corrected chi connectivity index (χ4v) is 1.84. The van der Waals surface area contributed by atoms with Gasteiger partial charge in [-0.25, -0.2) is 0 Å². The molecule has 13 heavy (non-hydrogen) atoms. The first-order valence-corrected chi connectivity index (χ1v) is 4.87. The molecule has 3 nitrogen and oxygen atoms in total. The minimum absolute atomic E-state index is 0.121. The molecule has 0 aliphatic heterocycles. The highest BCUT2D eigenvalue weighted by molar-refractivity contribution is 5.76. The van der Waals surface area contributed by atoms with Crippen LogP contribution in [0.4, 0.5) is 0 Å². The summed E-state index contributed by atoms with van der Waals surface area (Å²) in [6.45, 7) is 2.26. The molecular weight excluding hydrogens is 164 g/mol. The van der Waals surface area contributed by atoms with Gasteiger partial charge in [0, 0.05) is 5.92 Å². The van der Waals surface area contributed by atoms with Gasteiger partial charge in [-0.05, 0) is 25.2 Å². The Balaban J connectivity index is 2.56. The zero-order chi connectivity index (χ0) is 9.68. The highest BCUT2D eigenvalue weighted by atomic mass is 16.5. The normalized spacial score (nSPS) is 27.2. The van der Waals surface area contributed by atoms with Crippen LogP contribution in [0.2, 0.25) is 0 Å². The largest absolute Gasteiger partial charge is 0.466 e. The predicted octanol–water partition coefficient (Wildman–Crippen LogP) is 1.89. The summed E-state index contributed by atoms with van der Waals surface area (Å²) in [4.78, 5) is 0. The lowest BCUT2D eigenvalue weighted by Gasteiger charge is -2.26. The molecule has 3 N–H and O–H groups in total. The molecule has 0 aromatic carbocycles. The molecule has 0 saturated heterocycles. The van der Waals surface area contributed by atoms with Crippen LogP contribution >= 0.6 is 0 Å². The maximum absolute atomic E-state index is 7.68. The number of rotatable bonds is 3. The molecule has 0 aromatic rings. The average molecular weight is 182 g/mol. The Labute approximate surface area is 79.5 Å². The van der Waals surface area contributed by atoms with Crippen LogP contribution in [0.3, 0.4) is 0 Å². The summed E-state index contributed by atoms with van der Waals surface area (Å²) in [5.74, 6) is 1.07. The van der Waals surface area contributed by atoms with Crippen molar-refractivity contribution in [3.8, 4) is 0 Å². The summed E-state index contributed by atoms with van der Waals surface area (Å²) in [5.41, 5.74) is 5.24. The van der Waals surface area contributed by atoms with E-state index in [0.29, 0.717) is 11.8 Å². The van der Waals surface area contributed by atoms with E-state index in [1.54, 1.807) is 0 Å². The third kappa shape index (κ3) is 2.56. The number of ether oxygens (including phenoxy) is 1. The molecular formula is C10H18N2O. The monoisotopic (exact) mass is 182 g/mol. The third-order valence-electron chi connectivity index (χ3n) is 2.59. The molecule has 0 saturated carbocycles. The summed E-state index contributed by atoms with van der Waals surface area (Å²) in [5, 5.41) is 7.68. The molecule has 0 amide bonds. The van der Waals surface area contributed by atoms with Gasteiger partial charge in [0.2, 0.25) is 0 Å². The van der Waals surface area contributed by atoms with Gasteiger partial charge in [-0.2, -0.15) is 0 Å². The van der Waals surface area contributed by atoms with E-state index in [2.05, 4.69) is 19.1 Å². The van der Waals surface area contributed by atoms with Crippen molar-refractivity contribution in [1.82, 2.24) is 0 Å². The Kier molecular flexibility index (Phi) is 3.96. The second-order valence-corrected chi connectivity index (χ2v) is 3.36. The number of hydrogen-bond donors (Lipinski definition) is 2. The maximum atomic E-state index is 7.68. The highest BCUT2D eigenvalue weighted by Gasteiger charge is 2.25. The Morgan fingerprint density at radius 2 is 2.46 bits per heavy atom. The fourth-order valence-electron chi connectivity index (χ4n) is 1.84. The zero-order valence-corrected chi connectivity index (χ0v) is 8.12. The number of nitrogens with two attached hydrogens (primary N) is 1. The molecule has 1 rings (SSSR count). The quantitative estimate of drug-likeness (QED) is 0.303. The molecule has 2 atom stereocenters. The van der Waals surface area contributed by atoms with Crippen LogP contribution in [-0.2, 0) is 4.74 Å². The molecule has 0 radical (unpaired) electrons. The zero-order valence-electron chi connectivity index (χ0n) is 8.12. The van der Waals surface area contributed by atoms with Crippen LogP contribution < -0.4 is 5.73 Å².